The smallest absolute Gasteiger partial charge is 0.160 e. The van der Waals surface area contributed by atoms with Crippen molar-refractivity contribution < 1.29 is 9.13 Å². The summed E-state index contributed by atoms with van der Waals surface area (Å²) in [5.74, 6) is 1.67. The van der Waals surface area contributed by atoms with Gasteiger partial charge < -0.3 is 15.8 Å². The average Bonchev–Trinajstić information content (AvgIpc) is 2.63. The molecule has 0 aromatic heterocycles. The van der Waals surface area contributed by atoms with Gasteiger partial charge in [-0.1, -0.05) is 15.9 Å². The molecule has 7 heteroatoms. The first-order valence-corrected chi connectivity index (χ1v) is 9.70. The first-order valence-electron chi connectivity index (χ1n) is 7.92. The number of halogens is 2. The van der Waals surface area contributed by atoms with Crippen LogP contribution in [0.3, 0.4) is 0 Å². The predicted molar refractivity (Wildman–Crippen MR) is 105 cm³/mol. The van der Waals surface area contributed by atoms with E-state index in [1.54, 1.807) is 13.2 Å². The van der Waals surface area contributed by atoms with Crippen molar-refractivity contribution >= 4 is 39.2 Å². The second-order valence-electron chi connectivity index (χ2n) is 5.60. The maximum Gasteiger partial charge on any atom is 0.160 e. The molecule has 2 aromatic rings. The van der Waals surface area contributed by atoms with Crippen LogP contribution in [0, 0.1) is 5.82 Å². The number of thioether (sulfide) groups is 1. The Morgan fingerprint density at radius 3 is 2.92 bits per heavy atom. The van der Waals surface area contributed by atoms with Crippen molar-refractivity contribution in [1.29, 1.82) is 0 Å². The van der Waals surface area contributed by atoms with Gasteiger partial charge in [0.05, 0.1) is 17.7 Å². The Morgan fingerprint density at radius 1 is 1.36 bits per heavy atom. The molecule has 0 fully saturated rings. The number of nitrogen functional groups attached to an aromatic ring is 1. The van der Waals surface area contributed by atoms with Crippen LogP contribution in [0.4, 0.5) is 10.1 Å². The molecule has 0 saturated carbocycles. The maximum absolute atomic E-state index is 14.7. The van der Waals surface area contributed by atoms with Gasteiger partial charge in [-0.2, -0.15) is 0 Å². The molecule has 0 unspecified atom stereocenters. The second kappa shape index (κ2) is 8.10. The van der Waals surface area contributed by atoms with E-state index < -0.39 is 5.82 Å². The summed E-state index contributed by atoms with van der Waals surface area (Å²) in [6.45, 7) is 1.59. The lowest BCUT2D eigenvalue weighted by atomic mass is 10.1. The van der Waals surface area contributed by atoms with Crippen LogP contribution >= 0.6 is 27.7 Å². The summed E-state index contributed by atoms with van der Waals surface area (Å²) in [5.41, 5.74) is 7.66. The number of methoxy groups -OCH3 is 1. The van der Waals surface area contributed by atoms with Crippen molar-refractivity contribution in [2.24, 2.45) is 4.99 Å². The van der Waals surface area contributed by atoms with Gasteiger partial charge in [0, 0.05) is 34.4 Å². The van der Waals surface area contributed by atoms with Crippen molar-refractivity contribution in [2.45, 2.75) is 17.1 Å². The maximum atomic E-state index is 14.7. The minimum atomic E-state index is -0.397. The molecule has 0 saturated heterocycles. The molecular formula is C18H19BrFN3OS. The molecule has 0 aliphatic carbocycles. The fraction of sp³-hybridized carbons (Fsp3) is 0.278. The van der Waals surface area contributed by atoms with Crippen molar-refractivity contribution in [3.05, 3.63) is 51.7 Å². The number of nitrogens with zero attached hydrogens (tertiary/aromatic N) is 1. The molecule has 3 rings (SSSR count). The standard InChI is InChI=1S/C18H19BrFN3OS/c1-24-15-6-3-12(19)9-11(15)10-25-17-13(4-5-14(21)16(17)20)18-22-7-2-8-23-18/h3-6,9H,2,7-8,10,21H2,1H3,(H,22,23). The van der Waals surface area contributed by atoms with E-state index in [0.717, 1.165) is 46.7 Å². The minimum Gasteiger partial charge on any atom is -0.496 e. The van der Waals surface area contributed by atoms with E-state index in [9.17, 15) is 4.39 Å². The highest BCUT2D eigenvalue weighted by Crippen LogP contribution is 2.35. The minimum absolute atomic E-state index is 0.142. The van der Waals surface area contributed by atoms with E-state index in [1.807, 2.05) is 24.3 Å². The molecule has 1 aliphatic rings. The summed E-state index contributed by atoms with van der Waals surface area (Å²) in [7, 11) is 1.63. The zero-order valence-electron chi connectivity index (χ0n) is 13.8. The van der Waals surface area contributed by atoms with Crippen LogP contribution in [0.1, 0.15) is 17.5 Å². The fourth-order valence-corrected chi connectivity index (χ4v) is 4.12. The molecule has 2 aromatic carbocycles. The van der Waals surface area contributed by atoms with Crippen LogP contribution in [-0.4, -0.2) is 26.0 Å². The van der Waals surface area contributed by atoms with Crippen LogP contribution in [-0.2, 0) is 5.75 Å². The summed E-state index contributed by atoms with van der Waals surface area (Å²) in [4.78, 5) is 5.00. The summed E-state index contributed by atoms with van der Waals surface area (Å²) in [6.07, 6.45) is 0.985. The zero-order chi connectivity index (χ0) is 17.8. The van der Waals surface area contributed by atoms with E-state index in [4.69, 9.17) is 10.5 Å². The highest BCUT2D eigenvalue weighted by Gasteiger charge is 2.18. The SMILES string of the molecule is COc1ccc(Br)cc1CSc1c(C2=NCCCN2)ccc(N)c1F. The van der Waals surface area contributed by atoms with Crippen LogP contribution in [0.2, 0.25) is 0 Å². The van der Waals surface area contributed by atoms with E-state index in [1.165, 1.54) is 11.8 Å². The lowest BCUT2D eigenvalue weighted by Gasteiger charge is -2.18. The average molecular weight is 424 g/mol. The molecule has 0 radical (unpaired) electrons. The number of benzene rings is 2. The van der Waals surface area contributed by atoms with Gasteiger partial charge in [0.15, 0.2) is 5.82 Å². The third-order valence-corrected chi connectivity index (χ3v) is 5.53. The molecule has 0 spiro atoms. The van der Waals surface area contributed by atoms with E-state index in [2.05, 4.69) is 26.2 Å². The number of amidine groups is 1. The van der Waals surface area contributed by atoms with Crippen LogP contribution in [0.15, 0.2) is 44.7 Å². The van der Waals surface area contributed by atoms with Crippen molar-refractivity contribution in [1.82, 2.24) is 5.32 Å². The lowest BCUT2D eigenvalue weighted by Crippen LogP contribution is -2.30. The highest BCUT2D eigenvalue weighted by atomic mass is 79.9. The molecule has 25 heavy (non-hydrogen) atoms. The topological polar surface area (TPSA) is 59.6 Å². The Hall–Kier alpha value is -1.73. The largest absolute Gasteiger partial charge is 0.496 e. The predicted octanol–water partition coefficient (Wildman–Crippen LogP) is 4.21. The normalized spacial score (nSPS) is 14.0. The molecule has 0 bridgehead atoms. The quantitative estimate of drug-likeness (QED) is 0.558. The second-order valence-corrected chi connectivity index (χ2v) is 7.50. The van der Waals surface area contributed by atoms with Gasteiger partial charge >= 0.3 is 0 Å². The van der Waals surface area contributed by atoms with E-state index in [0.29, 0.717) is 10.6 Å². The van der Waals surface area contributed by atoms with Gasteiger partial charge in [0.1, 0.15) is 11.6 Å². The Bertz CT molecular complexity index is 813. The van der Waals surface area contributed by atoms with Gasteiger partial charge in [0.25, 0.3) is 0 Å². The molecule has 3 N–H and O–H groups in total. The van der Waals surface area contributed by atoms with E-state index in [-0.39, 0.29) is 5.69 Å². The van der Waals surface area contributed by atoms with Crippen molar-refractivity contribution in [3.8, 4) is 5.75 Å². The Morgan fingerprint density at radius 2 is 2.20 bits per heavy atom. The summed E-state index contributed by atoms with van der Waals surface area (Å²) in [5, 5.41) is 3.25. The number of hydrogen-bond acceptors (Lipinski definition) is 5. The highest BCUT2D eigenvalue weighted by molar-refractivity contribution is 9.10. The fourth-order valence-electron chi connectivity index (χ4n) is 2.62. The Kier molecular flexibility index (Phi) is 5.86. The first kappa shape index (κ1) is 18.1. The van der Waals surface area contributed by atoms with Gasteiger partial charge in [0.2, 0.25) is 0 Å². The lowest BCUT2D eigenvalue weighted by molar-refractivity contribution is 0.411. The number of ether oxygens (including phenoxy) is 1. The van der Waals surface area contributed by atoms with Gasteiger partial charge in [-0.3, -0.25) is 4.99 Å². The molecule has 0 amide bonds. The van der Waals surface area contributed by atoms with Gasteiger partial charge in [-0.25, -0.2) is 4.39 Å². The van der Waals surface area contributed by atoms with E-state index >= 15 is 0 Å². The molecular weight excluding hydrogens is 405 g/mol. The number of hydrogen-bond donors (Lipinski definition) is 2. The number of aliphatic imine (C=N–C) groups is 1. The number of anilines is 1. The summed E-state index contributed by atoms with van der Waals surface area (Å²) < 4.78 is 21.1. The monoisotopic (exact) mass is 423 g/mol. The van der Waals surface area contributed by atoms with Gasteiger partial charge in [-0.15, -0.1) is 11.8 Å². The van der Waals surface area contributed by atoms with Crippen molar-refractivity contribution in [2.75, 3.05) is 25.9 Å². The number of rotatable bonds is 5. The summed E-state index contributed by atoms with van der Waals surface area (Å²) >= 11 is 4.86. The summed E-state index contributed by atoms with van der Waals surface area (Å²) in [6, 6.07) is 9.21. The van der Waals surface area contributed by atoms with Crippen LogP contribution in [0.5, 0.6) is 5.75 Å². The van der Waals surface area contributed by atoms with Crippen molar-refractivity contribution in [3.63, 3.8) is 0 Å². The Balaban J connectivity index is 1.93. The molecule has 4 nitrogen and oxygen atoms in total. The molecule has 1 heterocycles. The van der Waals surface area contributed by atoms with Crippen LogP contribution in [0.25, 0.3) is 0 Å². The van der Waals surface area contributed by atoms with Crippen LogP contribution < -0.4 is 15.8 Å². The first-order chi connectivity index (χ1) is 12.1. The zero-order valence-corrected chi connectivity index (χ0v) is 16.2. The number of nitrogens with two attached hydrogens (primary N) is 1. The third kappa shape index (κ3) is 4.10. The Labute approximate surface area is 159 Å². The van der Waals surface area contributed by atoms with Gasteiger partial charge in [-0.05, 0) is 36.8 Å². The molecule has 0 atom stereocenters. The third-order valence-electron chi connectivity index (χ3n) is 3.89. The molecule has 1 aliphatic heterocycles. The molecule has 132 valence electrons. The number of nitrogens with one attached hydrogen (secondary N) is 1.